The molecule has 0 aromatic carbocycles. The first-order valence-electron chi connectivity index (χ1n) is 4.76. The predicted molar refractivity (Wildman–Crippen MR) is 61.4 cm³/mol. The molecule has 2 N–H and O–H groups in total. The Hall–Kier alpha value is -0.220. The van der Waals surface area contributed by atoms with E-state index in [1.807, 2.05) is 27.7 Å². The van der Waals surface area contributed by atoms with E-state index in [1.165, 1.54) is 7.11 Å². The van der Waals surface area contributed by atoms with Crippen LogP contribution >= 0.6 is 11.8 Å². The van der Waals surface area contributed by atoms with Crippen LogP contribution in [0.25, 0.3) is 0 Å². The number of hydrogen-bond acceptors (Lipinski definition) is 4. The largest absolute Gasteiger partial charge is 0.469 e. The van der Waals surface area contributed by atoms with Crippen LogP contribution in [0.4, 0.5) is 0 Å². The molecule has 0 aromatic rings. The van der Waals surface area contributed by atoms with E-state index < -0.39 is 0 Å². The van der Waals surface area contributed by atoms with Gasteiger partial charge in [-0.3, -0.25) is 4.79 Å². The summed E-state index contributed by atoms with van der Waals surface area (Å²) in [6.45, 7) is 7.87. The average Bonchev–Trinajstić information content (AvgIpc) is 2.10. The molecule has 0 amide bonds. The third kappa shape index (κ3) is 5.50. The van der Waals surface area contributed by atoms with E-state index in [4.69, 9.17) is 5.73 Å². The van der Waals surface area contributed by atoms with E-state index in [1.54, 1.807) is 11.8 Å². The summed E-state index contributed by atoms with van der Waals surface area (Å²) in [7, 11) is 1.42. The van der Waals surface area contributed by atoms with E-state index in [9.17, 15) is 4.79 Å². The van der Waals surface area contributed by atoms with E-state index in [0.29, 0.717) is 0 Å². The molecule has 0 spiro atoms. The minimum absolute atomic E-state index is 0.0765. The van der Waals surface area contributed by atoms with E-state index >= 15 is 0 Å². The summed E-state index contributed by atoms with van der Waals surface area (Å²) >= 11 is 1.71. The van der Waals surface area contributed by atoms with Gasteiger partial charge in [0.05, 0.1) is 13.0 Å². The van der Waals surface area contributed by atoms with Crippen molar-refractivity contribution >= 4 is 17.7 Å². The highest BCUT2D eigenvalue weighted by Gasteiger charge is 2.23. The number of thioether (sulfide) groups is 1. The number of hydrogen-bond donors (Lipinski definition) is 1. The molecule has 0 bridgehead atoms. The maximum absolute atomic E-state index is 11.2. The van der Waals surface area contributed by atoms with Crippen molar-refractivity contribution in [2.24, 2.45) is 11.7 Å². The molecule has 0 aliphatic rings. The summed E-state index contributed by atoms with van der Waals surface area (Å²) < 4.78 is 4.68. The second-order valence-corrected chi connectivity index (χ2v) is 5.68. The van der Waals surface area contributed by atoms with Gasteiger partial charge in [-0.25, -0.2) is 0 Å². The van der Waals surface area contributed by atoms with Gasteiger partial charge < -0.3 is 10.5 Å². The van der Waals surface area contributed by atoms with Crippen molar-refractivity contribution in [1.29, 1.82) is 0 Å². The summed E-state index contributed by atoms with van der Waals surface area (Å²) in [5.74, 6) is 0.613. The first-order chi connectivity index (χ1) is 6.28. The Morgan fingerprint density at radius 2 is 2.00 bits per heavy atom. The highest BCUT2D eigenvalue weighted by Crippen LogP contribution is 2.22. The lowest BCUT2D eigenvalue weighted by Gasteiger charge is -2.23. The predicted octanol–water partition coefficient (Wildman–Crippen LogP) is 1.65. The maximum atomic E-state index is 11.2. The Labute approximate surface area is 90.8 Å². The molecule has 4 heteroatoms. The van der Waals surface area contributed by atoms with Crippen molar-refractivity contribution in [3.05, 3.63) is 0 Å². The average molecular weight is 219 g/mol. The molecule has 3 nitrogen and oxygen atoms in total. The van der Waals surface area contributed by atoms with Crippen molar-refractivity contribution in [3.63, 3.8) is 0 Å². The summed E-state index contributed by atoms with van der Waals surface area (Å²) in [6.07, 6.45) is 0. The summed E-state index contributed by atoms with van der Waals surface area (Å²) in [6, 6.07) is 0. The summed E-state index contributed by atoms with van der Waals surface area (Å²) in [4.78, 5) is 11.2. The second kappa shape index (κ2) is 5.61. The van der Waals surface area contributed by atoms with Gasteiger partial charge in [0.15, 0.2) is 0 Å². The van der Waals surface area contributed by atoms with Gasteiger partial charge in [-0.15, -0.1) is 0 Å². The molecule has 0 aliphatic heterocycles. The SMILES string of the molecule is COC(=O)C(C)C(C)SCC(C)(C)N. The van der Waals surface area contributed by atoms with Gasteiger partial charge in [0, 0.05) is 16.5 Å². The molecular weight excluding hydrogens is 198 g/mol. The molecule has 0 rings (SSSR count). The van der Waals surface area contributed by atoms with Crippen LogP contribution in [0.2, 0.25) is 0 Å². The van der Waals surface area contributed by atoms with Gasteiger partial charge in [-0.05, 0) is 13.8 Å². The molecule has 0 fully saturated rings. The Balaban J connectivity index is 3.96. The van der Waals surface area contributed by atoms with Gasteiger partial charge in [0.1, 0.15) is 0 Å². The minimum atomic E-state index is -0.186. The van der Waals surface area contributed by atoms with Gasteiger partial charge in [0.25, 0.3) is 0 Å². The molecule has 2 atom stereocenters. The molecule has 2 unspecified atom stereocenters. The fourth-order valence-corrected chi connectivity index (χ4v) is 1.96. The molecule has 84 valence electrons. The van der Waals surface area contributed by atoms with Crippen LogP contribution in [-0.2, 0) is 9.53 Å². The van der Waals surface area contributed by atoms with Crippen molar-refractivity contribution in [1.82, 2.24) is 0 Å². The third-order valence-electron chi connectivity index (χ3n) is 2.00. The lowest BCUT2D eigenvalue weighted by Crippen LogP contribution is -2.36. The Kier molecular flexibility index (Phi) is 5.52. The molecule has 0 saturated heterocycles. The quantitative estimate of drug-likeness (QED) is 0.714. The van der Waals surface area contributed by atoms with Crippen molar-refractivity contribution in [2.75, 3.05) is 12.9 Å². The normalized spacial score (nSPS) is 16.1. The van der Waals surface area contributed by atoms with Gasteiger partial charge >= 0.3 is 5.97 Å². The smallest absolute Gasteiger partial charge is 0.309 e. The third-order valence-corrected chi connectivity index (χ3v) is 3.84. The van der Waals surface area contributed by atoms with Crippen LogP contribution in [-0.4, -0.2) is 29.6 Å². The zero-order valence-electron chi connectivity index (χ0n) is 9.66. The number of ether oxygens (including phenoxy) is 1. The summed E-state index contributed by atoms with van der Waals surface area (Å²) in [5, 5.41) is 0.241. The minimum Gasteiger partial charge on any atom is -0.469 e. The molecule has 0 saturated carbocycles. The van der Waals surface area contributed by atoms with Crippen LogP contribution in [0.5, 0.6) is 0 Å². The van der Waals surface area contributed by atoms with E-state index in [0.717, 1.165) is 5.75 Å². The topological polar surface area (TPSA) is 52.3 Å². The highest BCUT2D eigenvalue weighted by atomic mass is 32.2. The molecule has 0 aliphatic carbocycles. The molecule has 0 heterocycles. The van der Waals surface area contributed by atoms with Crippen molar-refractivity contribution in [3.8, 4) is 0 Å². The van der Waals surface area contributed by atoms with Gasteiger partial charge in [-0.2, -0.15) is 11.8 Å². The van der Waals surface area contributed by atoms with Gasteiger partial charge in [0.2, 0.25) is 0 Å². The first-order valence-corrected chi connectivity index (χ1v) is 5.81. The van der Waals surface area contributed by atoms with Gasteiger partial charge in [-0.1, -0.05) is 13.8 Å². The molecule has 0 radical (unpaired) electrons. The maximum Gasteiger partial charge on any atom is 0.309 e. The zero-order chi connectivity index (χ0) is 11.4. The van der Waals surface area contributed by atoms with Crippen molar-refractivity contribution < 1.29 is 9.53 Å². The zero-order valence-corrected chi connectivity index (χ0v) is 10.5. The van der Waals surface area contributed by atoms with Crippen molar-refractivity contribution in [2.45, 2.75) is 38.5 Å². The van der Waals surface area contributed by atoms with E-state index in [2.05, 4.69) is 4.74 Å². The second-order valence-electron chi connectivity index (χ2n) is 4.32. The number of esters is 1. The standard InChI is InChI=1S/C10H21NO2S/c1-7(9(12)13-5)8(2)14-6-10(3,4)11/h7-8H,6,11H2,1-5H3. The lowest BCUT2D eigenvalue weighted by molar-refractivity contribution is -0.144. The van der Waals surface area contributed by atoms with Crippen LogP contribution in [0.15, 0.2) is 0 Å². The first kappa shape index (κ1) is 13.8. The number of nitrogens with two attached hydrogens (primary N) is 1. The molecule has 0 aromatic heterocycles. The fourth-order valence-electron chi connectivity index (χ4n) is 0.868. The number of carbonyl (C=O) groups excluding carboxylic acids is 1. The van der Waals surface area contributed by atoms with Crippen LogP contribution in [0.3, 0.4) is 0 Å². The Morgan fingerprint density at radius 1 is 1.50 bits per heavy atom. The number of rotatable bonds is 5. The number of carbonyl (C=O) groups is 1. The highest BCUT2D eigenvalue weighted by molar-refractivity contribution is 8.00. The van der Waals surface area contributed by atoms with Crippen LogP contribution < -0.4 is 5.73 Å². The monoisotopic (exact) mass is 219 g/mol. The Morgan fingerprint density at radius 3 is 2.36 bits per heavy atom. The van der Waals surface area contributed by atoms with Crippen LogP contribution in [0, 0.1) is 5.92 Å². The lowest BCUT2D eigenvalue weighted by atomic mass is 10.1. The summed E-state index contributed by atoms with van der Waals surface area (Å²) in [5.41, 5.74) is 5.67. The van der Waals surface area contributed by atoms with Crippen LogP contribution in [0.1, 0.15) is 27.7 Å². The molecular formula is C10H21NO2S. The molecule has 14 heavy (non-hydrogen) atoms. The fraction of sp³-hybridized carbons (Fsp3) is 0.900. The number of methoxy groups -OCH3 is 1. The Bertz CT molecular complexity index is 189. The van der Waals surface area contributed by atoms with E-state index in [-0.39, 0.29) is 22.7 Å².